The van der Waals surface area contributed by atoms with Gasteiger partial charge in [0.25, 0.3) is 5.91 Å². The summed E-state index contributed by atoms with van der Waals surface area (Å²) in [6, 6.07) is 11.6. The molecule has 0 spiro atoms. The first-order valence-corrected chi connectivity index (χ1v) is 9.58. The first-order valence-electron chi connectivity index (χ1n) is 9.58. The Morgan fingerprint density at radius 1 is 1.00 bits per heavy atom. The van der Waals surface area contributed by atoms with Gasteiger partial charge in [-0.3, -0.25) is 4.79 Å². The molecule has 1 aliphatic rings. The lowest BCUT2D eigenvalue weighted by Crippen LogP contribution is -2.15. The first-order chi connectivity index (χ1) is 14.2. The molecular formula is C22H22N4O3. The van der Waals surface area contributed by atoms with Crippen LogP contribution in [0.4, 0.5) is 17.3 Å². The molecule has 1 amide bonds. The number of fused-ring (bicyclic) bond motifs is 1. The Bertz CT molecular complexity index is 1010. The summed E-state index contributed by atoms with van der Waals surface area (Å²) in [5, 5.41) is 6.12. The summed E-state index contributed by atoms with van der Waals surface area (Å²) < 4.78 is 10.7. The van der Waals surface area contributed by atoms with Crippen molar-refractivity contribution in [2.75, 3.05) is 17.4 Å². The topological polar surface area (TPSA) is 85.4 Å². The smallest absolute Gasteiger partial charge is 0.258 e. The molecule has 0 radical (unpaired) electrons. The van der Waals surface area contributed by atoms with Gasteiger partial charge in [-0.05, 0) is 36.1 Å². The van der Waals surface area contributed by atoms with Gasteiger partial charge < -0.3 is 20.1 Å². The number of nitrogens with one attached hydrogen (secondary N) is 2. The van der Waals surface area contributed by atoms with E-state index < -0.39 is 0 Å². The van der Waals surface area contributed by atoms with Crippen molar-refractivity contribution in [1.82, 2.24) is 9.97 Å². The second-order valence-electron chi connectivity index (χ2n) is 6.60. The lowest BCUT2D eigenvalue weighted by atomic mass is 10.0. The molecule has 2 N–H and O–H groups in total. The number of carbonyl (C=O) groups excluding carboxylic acids is 1. The second kappa shape index (κ2) is 8.18. The van der Waals surface area contributed by atoms with E-state index in [0.29, 0.717) is 23.0 Å². The molecule has 2 heterocycles. The minimum atomic E-state index is -0.227. The molecule has 3 aromatic rings. The van der Waals surface area contributed by atoms with E-state index in [0.717, 1.165) is 35.3 Å². The van der Waals surface area contributed by atoms with Crippen LogP contribution in [0.5, 0.6) is 11.5 Å². The Kier molecular flexibility index (Phi) is 5.29. The monoisotopic (exact) mass is 390 g/mol. The molecule has 0 fully saturated rings. The molecule has 148 valence electrons. The van der Waals surface area contributed by atoms with E-state index in [1.165, 1.54) is 12.4 Å². The van der Waals surface area contributed by atoms with E-state index in [4.69, 9.17) is 9.47 Å². The average molecular weight is 390 g/mol. The zero-order valence-electron chi connectivity index (χ0n) is 16.4. The third-order valence-electron chi connectivity index (χ3n) is 4.78. The summed E-state index contributed by atoms with van der Waals surface area (Å²) >= 11 is 0. The Labute approximate surface area is 169 Å². The number of carbonyl (C=O) groups is 1. The second-order valence-corrected chi connectivity index (χ2v) is 6.60. The fourth-order valence-electron chi connectivity index (χ4n) is 3.20. The molecule has 0 saturated carbocycles. The van der Waals surface area contributed by atoms with Crippen LogP contribution < -0.4 is 20.1 Å². The molecule has 0 atom stereocenters. The van der Waals surface area contributed by atoms with Crippen molar-refractivity contribution in [3.05, 3.63) is 65.5 Å². The summed E-state index contributed by atoms with van der Waals surface area (Å²) in [6.45, 7) is 4.37. The fourth-order valence-corrected chi connectivity index (χ4v) is 3.20. The quantitative estimate of drug-likeness (QED) is 0.652. The van der Waals surface area contributed by atoms with Gasteiger partial charge >= 0.3 is 0 Å². The molecule has 1 aromatic heterocycles. The Balaban J connectivity index is 1.47. The van der Waals surface area contributed by atoms with Crippen LogP contribution >= 0.6 is 0 Å². The van der Waals surface area contributed by atoms with Crippen molar-refractivity contribution < 1.29 is 14.3 Å². The Morgan fingerprint density at radius 2 is 1.69 bits per heavy atom. The van der Waals surface area contributed by atoms with E-state index in [1.54, 1.807) is 0 Å². The lowest BCUT2D eigenvalue weighted by Gasteiger charge is -2.14. The van der Waals surface area contributed by atoms with Gasteiger partial charge in [-0.2, -0.15) is 0 Å². The van der Waals surface area contributed by atoms with Crippen LogP contribution in [0, 0.1) is 0 Å². The third kappa shape index (κ3) is 3.99. The fraction of sp³-hybridized carbons (Fsp3) is 0.227. The molecular weight excluding hydrogens is 368 g/mol. The standard InChI is InChI=1S/C22H22N4O3/c1-3-14-6-5-7-15(4-2)20(14)26-21(27)16-11-23-22(24-12-16)25-17-8-9-18-19(10-17)29-13-28-18/h5-12H,3-4,13H2,1-2H3,(H,26,27)(H,23,24,25). The highest BCUT2D eigenvalue weighted by Gasteiger charge is 2.15. The number of aromatic nitrogens is 2. The highest BCUT2D eigenvalue weighted by Crippen LogP contribution is 2.34. The number of hydrogen-bond acceptors (Lipinski definition) is 6. The Hall–Kier alpha value is -3.61. The zero-order valence-corrected chi connectivity index (χ0v) is 16.4. The predicted octanol–water partition coefficient (Wildman–Crippen LogP) is 4.33. The van der Waals surface area contributed by atoms with Crippen molar-refractivity contribution in [2.45, 2.75) is 26.7 Å². The minimum absolute atomic E-state index is 0.222. The summed E-state index contributed by atoms with van der Waals surface area (Å²) in [7, 11) is 0. The van der Waals surface area contributed by atoms with Crippen LogP contribution in [0.25, 0.3) is 0 Å². The number of para-hydroxylation sites is 1. The van der Waals surface area contributed by atoms with Crippen molar-refractivity contribution >= 4 is 23.2 Å². The highest BCUT2D eigenvalue weighted by atomic mass is 16.7. The normalized spacial score (nSPS) is 11.9. The van der Waals surface area contributed by atoms with Gasteiger partial charge in [-0.15, -0.1) is 0 Å². The van der Waals surface area contributed by atoms with E-state index in [2.05, 4.69) is 34.4 Å². The van der Waals surface area contributed by atoms with Crippen molar-refractivity contribution in [2.24, 2.45) is 0 Å². The van der Waals surface area contributed by atoms with E-state index >= 15 is 0 Å². The molecule has 7 heteroatoms. The van der Waals surface area contributed by atoms with Gasteiger partial charge in [-0.25, -0.2) is 9.97 Å². The molecule has 1 aliphatic heterocycles. The summed E-state index contributed by atoms with van der Waals surface area (Å²) in [5.41, 5.74) is 4.27. The van der Waals surface area contributed by atoms with Crippen LogP contribution in [0.2, 0.25) is 0 Å². The number of rotatable bonds is 6. The van der Waals surface area contributed by atoms with Gasteiger partial charge in [0.1, 0.15) is 0 Å². The molecule has 2 aromatic carbocycles. The maximum absolute atomic E-state index is 12.7. The van der Waals surface area contributed by atoms with Crippen molar-refractivity contribution in [3.63, 3.8) is 0 Å². The summed E-state index contributed by atoms with van der Waals surface area (Å²) in [4.78, 5) is 21.2. The third-order valence-corrected chi connectivity index (χ3v) is 4.78. The Morgan fingerprint density at radius 3 is 2.38 bits per heavy atom. The molecule has 0 aliphatic carbocycles. The SMILES string of the molecule is CCc1cccc(CC)c1NC(=O)c1cnc(Nc2ccc3c(c2)OCO3)nc1. The van der Waals surface area contributed by atoms with Crippen LogP contribution in [-0.4, -0.2) is 22.7 Å². The first kappa shape index (κ1) is 18.7. The molecule has 7 nitrogen and oxygen atoms in total. The molecule has 29 heavy (non-hydrogen) atoms. The lowest BCUT2D eigenvalue weighted by molar-refractivity contribution is 0.102. The largest absolute Gasteiger partial charge is 0.454 e. The minimum Gasteiger partial charge on any atom is -0.454 e. The predicted molar refractivity (Wildman–Crippen MR) is 111 cm³/mol. The van der Waals surface area contributed by atoms with Crippen LogP contribution in [0.3, 0.4) is 0 Å². The summed E-state index contributed by atoms with van der Waals surface area (Å²) in [5.74, 6) is 1.55. The molecule has 0 bridgehead atoms. The van der Waals surface area contributed by atoms with Gasteiger partial charge in [-0.1, -0.05) is 32.0 Å². The van der Waals surface area contributed by atoms with Crippen molar-refractivity contribution in [3.8, 4) is 11.5 Å². The number of nitrogens with zero attached hydrogens (tertiary/aromatic N) is 2. The number of amides is 1. The van der Waals surface area contributed by atoms with E-state index in [-0.39, 0.29) is 12.7 Å². The summed E-state index contributed by atoms with van der Waals surface area (Å²) in [6.07, 6.45) is 4.71. The maximum atomic E-state index is 12.7. The van der Waals surface area contributed by atoms with Gasteiger partial charge in [0.2, 0.25) is 12.7 Å². The van der Waals surface area contributed by atoms with Crippen LogP contribution in [0.1, 0.15) is 35.3 Å². The van der Waals surface area contributed by atoms with Gasteiger partial charge in [0.15, 0.2) is 11.5 Å². The number of aryl methyl sites for hydroxylation is 2. The average Bonchev–Trinajstić information content (AvgIpc) is 3.22. The molecule has 4 rings (SSSR count). The van der Waals surface area contributed by atoms with Gasteiger partial charge in [0.05, 0.1) is 5.56 Å². The number of anilines is 3. The van der Waals surface area contributed by atoms with Gasteiger partial charge in [0, 0.05) is 29.8 Å². The van der Waals surface area contributed by atoms with Crippen molar-refractivity contribution in [1.29, 1.82) is 0 Å². The zero-order chi connectivity index (χ0) is 20.2. The number of hydrogen-bond donors (Lipinski definition) is 2. The van der Waals surface area contributed by atoms with Crippen LogP contribution in [-0.2, 0) is 12.8 Å². The van der Waals surface area contributed by atoms with E-state index in [1.807, 2.05) is 36.4 Å². The molecule has 0 unspecified atom stereocenters. The van der Waals surface area contributed by atoms with Crippen LogP contribution in [0.15, 0.2) is 48.8 Å². The number of ether oxygens (including phenoxy) is 2. The molecule has 0 saturated heterocycles. The van der Waals surface area contributed by atoms with E-state index in [9.17, 15) is 4.79 Å². The maximum Gasteiger partial charge on any atom is 0.258 e. The highest BCUT2D eigenvalue weighted by molar-refractivity contribution is 6.04. The number of benzene rings is 2.